The van der Waals surface area contributed by atoms with Gasteiger partial charge in [-0.25, -0.2) is 9.18 Å². The molecule has 0 aliphatic heterocycles. The van der Waals surface area contributed by atoms with Crippen LogP contribution in [0, 0.1) is 17.1 Å². The third kappa shape index (κ3) is 7.29. The number of carbonyl (C=O) groups excluding carboxylic acids is 3. The lowest BCUT2D eigenvalue weighted by Gasteiger charge is -2.16. The molecule has 1 N–H and O–H groups in total. The molecule has 2 amide bonds. The maximum absolute atomic E-state index is 12.9. The lowest BCUT2D eigenvalue weighted by molar-refractivity contribution is -0.148. The summed E-state index contributed by atoms with van der Waals surface area (Å²) in [4.78, 5) is 37.3. The first-order chi connectivity index (χ1) is 14.8. The average molecular weight is 425 g/mol. The summed E-state index contributed by atoms with van der Waals surface area (Å²) in [7, 11) is 2.88. The summed E-state index contributed by atoms with van der Waals surface area (Å²) in [6, 6.07) is 13.5. The number of anilines is 1. The Bertz CT molecular complexity index is 1010. The molecular weight excluding hydrogens is 405 g/mol. The first-order valence-corrected chi connectivity index (χ1v) is 9.04. The number of halogens is 1. The van der Waals surface area contributed by atoms with Gasteiger partial charge >= 0.3 is 5.97 Å². The van der Waals surface area contributed by atoms with E-state index in [-0.39, 0.29) is 12.1 Å². The number of nitriles is 1. The molecule has 0 fully saturated rings. The Hall–Kier alpha value is -4.19. The van der Waals surface area contributed by atoms with Gasteiger partial charge in [-0.05, 0) is 48.0 Å². The zero-order valence-corrected chi connectivity index (χ0v) is 16.9. The number of likely N-dealkylation sites (N-methyl/N-ethyl adjacent to an activating group) is 1. The Balaban J connectivity index is 1.86. The second-order valence-corrected chi connectivity index (χ2v) is 6.32. The molecule has 9 heteroatoms. The molecule has 0 atom stereocenters. The number of rotatable bonds is 8. The fraction of sp³-hybridized carbons (Fsp3) is 0.182. The van der Waals surface area contributed by atoms with Gasteiger partial charge in [0.05, 0.1) is 13.7 Å². The number of nitrogens with one attached hydrogen (secondary N) is 1. The summed E-state index contributed by atoms with van der Waals surface area (Å²) in [5, 5.41) is 11.7. The number of hydrogen-bond donors (Lipinski definition) is 1. The van der Waals surface area contributed by atoms with E-state index in [4.69, 9.17) is 9.47 Å². The molecule has 0 unspecified atom stereocenters. The fourth-order valence-electron chi connectivity index (χ4n) is 2.36. The van der Waals surface area contributed by atoms with Crippen LogP contribution in [0.15, 0.2) is 54.1 Å². The second kappa shape index (κ2) is 11.1. The van der Waals surface area contributed by atoms with Crippen LogP contribution in [0.1, 0.15) is 5.56 Å². The number of esters is 1. The molecule has 0 heterocycles. The Morgan fingerprint density at radius 2 is 1.77 bits per heavy atom. The maximum atomic E-state index is 12.9. The van der Waals surface area contributed by atoms with Crippen molar-refractivity contribution in [3.8, 4) is 11.8 Å². The number of carbonyl (C=O) groups is 3. The predicted molar refractivity (Wildman–Crippen MR) is 110 cm³/mol. The number of ether oxygens (including phenoxy) is 2. The molecule has 0 aliphatic carbocycles. The first kappa shape index (κ1) is 23.1. The minimum absolute atomic E-state index is 0.283. The van der Waals surface area contributed by atoms with Crippen LogP contribution in [-0.2, 0) is 19.1 Å². The highest BCUT2D eigenvalue weighted by Crippen LogP contribution is 2.14. The molecule has 2 aromatic rings. The van der Waals surface area contributed by atoms with Gasteiger partial charge in [0.2, 0.25) is 5.91 Å². The van der Waals surface area contributed by atoms with Crippen molar-refractivity contribution in [3.05, 3.63) is 65.5 Å². The Morgan fingerprint density at radius 1 is 1.13 bits per heavy atom. The van der Waals surface area contributed by atoms with Crippen molar-refractivity contribution >= 4 is 29.5 Å². The average Bonchev–Trinajstić information content (AvgIpc) is 2.77. The molecule has 0 aromatic heterocycles. The Labute approximate surface area is 178 Å². The molecule has 160 valence electrons. The first-order valence-electron chi connectivity index (χ1n) is 9.04. The third-order valence-electron chi connectivity index (χ3n) is 4.03. The SMILES string of the molecule is COc1ccc(C=C(C#N)C(=O)OCC(=O)N(C)CC(=O)Nc2ccc(F)cc2)cc1. The van der Waals surface area contributed by atoms with E-state index in [1.807, 2.05) is 0 Å². The largest absolute Gasteiger partial charge is 0.497 e. The molecule has 0 saturated heterocycles. The topological polar surface area (TPSA) is 109 Å². The van der Waals surface area contributed by atoms with Crippen molar-refractivity contribution in [1.29, 1.82) is 5.26 Å². The number of methoxy groups -OCH3 is 1. The zero-order chi connectivity index (χ0) is 22.8. The normalized spacial score (nSPS) is 10.6. The third-order valence-corrected chi connectivity index (χ3v) is 4.03. The summed E-state index contributed by atoms with van der Waals surface area (Å²) in [5.74, 6) is -1.92. The van der Waals surface area contributed by atoms with E-state index in [9.17, 15) is 24.0 Å². The van der Waals surface area contributed by atoms with Gasteiger partial charge in [-0.1, -0.05) is 12.1 Å². The highest BCUT2D eigenvalue weighted by molar-refractivity contribution is 5.99. The number of amides is 2. The van der Waals surface area contributed by atoms with E-state index < -0.39 is 30.2 Å². The molecule has 2 rings (SSSR count). The summed E-state index contributed by atoms with van der Waals surface area (Å²) in [6.45, 7) is -0.943. The van der Waals surface area contributed by atoms with Crippen LogP contribution in [0.4, 0.5) is 10.1 Å². The second-order valence-electron chi connectivity index (χ2n) is 6.32. The van der Waals surface area contributed by atoms with Gasteiger partial charge in [0.1, 0.15) is 23.2 Å². The van der Waals surface area contributed by atoms with E-state index >= 15 is 0 Å². The molecule has 0 aliphatic rings. The molecule has 8 nitrogen and oxygen atoms in total. The minimum atomic E-state index is -0.962. The number of hydrogen-bond acceptors (Lipinski definition) is 6. The summed E-state index contributed by atoms with van der Waals surface area (Å²) in [5.41, 5.74) is 0.672. The maximum Gasteiger partial charge on any atom is 0.349 e. The standard InChI is InChI=1S/C22H20FN3O5/c1-26(13-20(27)25-18-7-5-17(23)6-8-18)21(28)14-31-22(29)16(12-24)11-15-3-9-19(30-2)10-4-15/h3-11H,13-14H2,1-2H3,(H,25,27). The van der Waals surface area contributed by atoms with Crippen molar-refractivity contribution in [2.24, 2.45) is 0 Å². The monoisotopic (exact) mass is 425 g/mol. The van der Waals surface area contributed by atoms with E-state index in [1.54, 1.807) is 30.3 Å². The summed E-state index contributed by atoms with van der Waals surface area (Å²) in [6.07, 6.45) is 1.33. The fourth-order valence-corrected chi connectivity index (χ4v) is 2.36. The van der Waals surface area contributed by atoms with Crippen molar-refractivity contribution in [2.75, 3.05) is 32.6 Å². The van der Waals surface area contributed by atoms with Gasteiger partial charge in [-0.15, -0.1) is 0 Å². The predicted octanol–water partition coefficient (Wildman–Crippen LogP) is 2.38. The molecule has 0 saturated carbocycles. The van der Waals surface area contributed by atoms with Gasteiger partial charge in [0, 0.05) is 12.7 Å². The van der Waals surface area contributed by atoms with Gasteiger partial charge in [0.25, 0.3) is 5.91 Å². The zero-order valence-electron chi connectivity index (χ0n) is 16.9. The van der Waals surface area contributed by atoms with Crippen LogP contribution in [0.3, 0.4) is 0 Å². The van der Waals surface area contributed by atoms with E-state index in [0.29, 0.717) is 17.0 Å². The van der Waals surface area contributed by atoms with E-state index in [1.165, 1.54) is 44.5 Å². The van der Waals surface area contributed by atoms with Crippen LogP contribution in [-0.4, -0.2) is 50.0 Å². The summed E-state index contributed by atoms with van der Waals surface area (Å²) >= 11 is 0. The smallest absolute Gasteiger partial charge is 0.349 e. The minimum Gasteiger partial charge on any atom is -0.497 e. The van der Waals surface area contributed by atoms with Gasteiger partial charge in [-0.2, -0.15) is 5.26 Å². The summed E-state index contributed by atoms with van der Waals surface area (Å²) < 4.78 is 22.8. The van der Waals surface area contributed by atoms with Crippen LogP contribution in [0.25, 0.3) is 6.08 Å². The van der Waals surface area contributed by atoms with Crippen molar-refractivity contribution < 1.29 is 28.2 Å². The van der Waals surface area contributed by atoms with Crippen LogP contribution in [0.5, 0.6) is 5.75 Å². The van der Waals surface area contributed by atoms with Gasteiger partial charge in [-0.3, -0.25) is 9.59 Å². The van der Waals surface area contributed by atoms with Crippen LogP contribution >= 0.6 is 0 Å². The highest BCUT2D eigenvalue weighted by Gasteiger charge is 2.17. The van der Waals surface area contributed by atoms with Crippen LogP contribution < -0.4 is 10.1 Å². The molecule has 2 aromatic carbocycles. The number of benzene rings is 2. The van der Waals surface area contributed by atoms with E-state index in [0.717, 1.165) is 4.90 Å². The lowest BCUT2D eigenvalue weighted by Crippen LogP contribution is -2.37. The van der Waals surface area contributed by atoms with Crippen molar-refractivity contribution in [2.45, 2.75) is 0 Å². The molecule has 0 bridgehead atoms. The van der Waals surface area contributed by atoms with E-state index in [2.05, 4.69) is 5.32 Å². The van der Waals surface area contributed by atoms with Crippen LogP contribution in [0.2, 0.25) is 0 Å². The molecule has 0 radical (unpaired) electrons. The van der Waals surface area contributed by atoms with Gasteiger partial charge < -0.3 is 19.7 Å². The number of nitrogens with zero attached hydrogens (tertiary/aromatic N) is 2. The van der Waals surface area contributed by atoms with Gasteiger partial charge in [0.15, 0.2) is 6.61 Å². The Morgan fingerprint density at radius 3 is 2.35 bits per heavy atom. The molecular formula is C22H20FN3O5. The highest BCUT2D eigenvalue weighted by atomic mass is 19.1. The molecule has 0 spiro atoms. The van der Waals surface area contributed by atoms with Crippen molar-refractivity contribution in [3.63, 3.8) is 0 Å². The quantitative estimate of drug-likeness (QED) is 0.395. The Kier molecular flexibility index (Phi) is 8.28. The van der Waals surface area contributed by atoms with Crippen molar-refractivity contribution in [1.82, 2.24) is 4.90 Å². The molecule has 31 heavy (non-hydrogen) atoms. The lowest BCUT2D eigenvalue weighted by atomic mass is 10.1.